The number of hydrogen-bond donors (Lipinski definition) is 2. The Morgan fingerprint density at radius 1 is 1.55 bits per heavy atom. The maximum atomic E-state index is 11.9. The highest BCUT2D eigenvalue weighted by molar-refractivity contribution is 7.88. The molecule has 1 heterocycles. The molecule has 0 radical (unpaired) electrons. The molecule has 0 aliphatic heterocycles. The summed E-state index contributed by atoms with van der Waals surface area (Å²) in [5.74, 6) is -0.305. The first-order chi connectivity index (χ1) is 11.4. The number of H-pyrrole nitrogens is 1. The Hall–Kier alpha value is -1.37. The van der Waals surface area contributed by atoms with Crippen LogP contribution < -0.4 is 4.72 Å². The van der Waals surface area contributed by atoms with Gasteiger partial charge in [-0.1, -0.05) is 6.07 Å². The molecular formula is C14H21N3O2S. The molecule has 0 fully saturated rings. The molecule has 2 aromatic rings. The highest BCUT2D eigenvalue weighted by atomic mass is 32.2. The topological polar surface area (TPSA) is 65.2 Å². The number of rotatable bonds is 6. The van der Waals surface area contributed by atoms with Crippen molar-refractivity contribution in [2.45, 2.75) is 12.2 Å². The Morgan fingerprint density at radius 2 is 2.35 bits per heavy atom. The third-order valence-electron chi connectivity index (χ3n) is 3.11. The normalized spacial score (nSPS) is 16.9. The quantitative estimate of drug-likeness (QED) is 0.845. The first kappa shape index (κ1) is 9.55. The van der Waals surface area contributed by atoms with E-state index in [2.05, 4.69) is 0 Å². The van der Waals surface area contributed by atoms with E-state index >= 15 is 0 Å². The lowest BCUT2D eigenvalue weighted by molar-refractivity contribution is 0.414. The van der Waals surface area contributed by atoms with E-state index in [1.54, 1.807) is 24.4 Å². The monoisotopic (exact) mass is 300 g/mol. The van der Waals surface area contributed by atoms with Crippen LogP contribution >= 0.6 is 0 Å². The highest BCUT2D eigenvalue weighted by Gasteiger charge is 2.11. The fourth-order valence-electron chi connectivity index (χ4n) is 2.02. The Kier molecular flexibility index (Phi) is 2.84. The summed E-state index contributed by atoms with van der Waals surface area (Å²) in [6.07, 6.45) is 2.03. The number of nitrogens with zero attached hydrogens (tertiary/aromatic N) is 1. The number of likely N-dealkylation sites (N-methyl/N-ethyl adjacent to an activating group) is 1. The minimum Gasteiger partial charge on any atom is -0.361 e. The predicted molar refractivity (Wildman–Crippen MR) is 82.2 cm³/mol. The van der Waals surface area contributed by atoms with Crippen LogP contribution in [0, 0.1) is 0 Å². The van der Waals surface area contributed by atoms with Crippen LogP contribution in [0.15, 0.2) is 24.4 Å². The summed E-state index contributed by atoms with van der Waals surface area (Å²) in [6.45, 7) is -1.90. The second-order valence-corrected chi connectivity index (χ2v) is 6.53. The molecule has 0 bridgehead atoms. The summed E-state index contributed by atoms with van der Waals surface area (Å²) in [4.78, 5) is 2.44. The van der Waals surface area contributed by atoms with Gasteiger partial charge < -0.3 is 9.88 Å². The van der Waals surface area contributed by atoms with Crippen LogP contribution in [0.4, 0.5) is 0 Å². The third-order valence-corrected chi connectivity index (χ3v) is 4.36. The number of fused-ring (bicyclic) bond motifs is 1. The molecule has 0 unspecified atom stereocenters. The Balaban J connectivity index is 2.31. The zero-order chi connectivity index (χ0) is 19.0. The summed E-state index contributed by atoms with van der Waals surface area (Å²) in [7, 11) is -1.04. The van der Waals surface area contributed by atoms with Crippen molar-refractivity contribution in [3.63, 3.8) is 0 Å². The smallest absolute Gasteiger partial charge is 0.215 e. The third kappa shape index (κ3) is 3.59. The SMILES string of the molecule is [2H]N(C)S(=O)(=O)Cc1ccc2c(c1)c(CCN(C)C([2H])([2H])[2H])cn2[2H]. The Labute approximate surface area is 127 Å². The molecular weight excluding hydrogens is 274 g/mol. The standard InChI is InChI=1S/C14H21N3O2S/c1-15-20(18,19)10-11-4-5-14-13(8-11)12(9-16-14)6-7-17(2)3/h4-5,8-9,15-16H,6-7,10H2,1-3H3/i2D3/hD2. The summed E-state index contributed by atoms with van der Waals surface area (Å²) < 4.78 is 61.5. The fourth-order valence-corrected chi connectivity index (χ4v) is 2.75. The number of nitrogens with one attached hydrogen (secondary N) is 2. The van der Waals surface area contributed by atoms with E-state index in [4.69, 9.17) is 6.94 Å². The maximum Gasteiger partial charge on any atom is 0.215 e. The van der Waals surface area contributed by atoms with Crippen molar-refractivity contribution < 1.29 is 15.4 Å². The molecule has 0 saturated heterocycles. The summed E-state index contributed by atoms with van der Waals surface area (Å²) in [6, 6.07) is 4.97. The lowest BCUT2D eigenvalue weighted by atomic mass is 10.1. The predicted octanol–water partition coefficient (Wildman–Crippen LogP) is 1.32. The van der Waals surface area contributed by atoms with Gasteiger partial charge in [0, 0.05) is 27.8 Å². The maximum absolute atomic E-state index is 11.9. The van der Waals surface area contributed by atoms with Gasteiger partial charge in [0.05, 0.1) is 5.75 Å². The van der Waals surface area contributed by atoms with Crippen LogP contribution in [-0.2, 0) is 22.2 Å². The fraction of sp³-hybridized carbons (Fsp3) is 0.429. The van der Waals surface area contributed by atoms with Gasteiger partial charge in [-0.25, -0.2) is 13.1 Å². The van der Waals surface area contributed by atoms with Crippen LogP contribution in [0.2, 0.25) is 2.82 Å². The van der Waals surface area contributed by atoms with Crippen molar-refractivity contribution in [1.29, 1.82) is 0 Å². The van der Waals surface area contributed by atoms with Crippen molar-refractivity contribution >= 4 is 20.9 Å². The molecule has 0 atom stereocenters. The van der Waals surface area contributed by atoms with Gasteiger partial charge in [-0.3, -0.25) is 0 Å². The minimum absolute atomic E-state index is 0.285. The molecule has 2 rings (SSSR count). The number of hydrogen-bond acceptors (Lipinski definition) is 3. The van der Waals surface area contributed by atoms with Gasteiger partial charge in [-0.05, 0) is 50.8 Å². The lowest BCUT2D eigenvalue weighted by Crippen LogP contribution is -2.20. The second kappa shape index (κ2) is 5.95. The highest BCUT2D eigenvalue weighted by Crippen LogP contribution is 2.21. The van der Waals surface area contributed by atoms with Gasteiger partial charge in [-0.2, -0.15) is 0 Å². The molecule has 5 nitrogen and oxygen atoms in total. The molecule has 0 amide bonds. The van der Waals surface area contributed by atoms with Crippen LogP contribution in [0.3, 0.4) is 0 Å². The Morgan fingerprint density at radius 3 is 3.05 bits per heavy atom. The number of sulfonamides is 1. The van der Waals surface area contributed by atoms with Gasteiger partial charge in [0.15, 0.2) is 1.41 Å². The number of aromatic amines is 1. The first-order valence-electron chi connectivity index (χ1n) is 8.60. The van der Waals surface area contributed by atoms with Crippen LogP contribution in [-0.4, -0.2) is 45.9 Å². The van der Waals surface area contributed by atoms with Crippen LogP contribution in [0.25, 0.3) is 10.9 Å². The van der Waals surface area contributed by atoms with E-state index in [-0.39, 0.29) is 12.3 Å². The van der Waals surface area contributed by atoms with Crippen molar-refractivity contribution in [3.8, 4) is 0 Å². The zero-order valence-electron chi connectivity index (χ0n) is 16.5. The van der Waals surface area contributed by atoms with Crippen molar-refractivity contribution in [1.82, 2.24) is 14.6 Å². The average Bonchev–Trinajstić information content (AvgIpc) is 2.79. The van der Waals surface area contributed by atoms with Crippen molar-refractivity contribution in [2.75, 3.05) is 27.6 Å². The van der Waals surface area contributed by atoms with E-state index in [9.17, 15) is 8.42 Å². The van der Waals surface area contributed by atoms with Gasteiger partial charge in [0.1, 0.15) is 1.41 Å². The summed E-state index contributed by atoms with van der Waals surface area (Å²) in [5, 5.41) is 0.717. The van der Waals surface area contributed by atoms with E-state index in [0.29, 0.717) is 27.6 Å². The first-order valence-corrected chi connectivity index (χ1v) is 7.81. The van der Waals surface area contributed by atoms with E-state index in [1.165, 1.54) is 16.9 Å². The molecule has 1 aromatic carbocycles. The van der Waals surface area contributed by atoms with E-state index in [1.807, 2.05) is 0 Å². The summed E-state index contributed by atoms with van der Waals surface area (Å²) in [5.41, 5.74) is 1.91. The second-order valence-electron chi connectivity index (χ2n) is 4.72. The van der Waals surface area contributed by atoms with Crippen molar-refractivity contribution in [3.05, 3.63) is 35.5 Å². The van der Waals surface area contributed by atoms with Gasteiger partial charge in [0.25, 0.3) is 0 Å². The molecule has 110 valence electrons. The Bertz CT molecular complexity index is 861. The largest absolute Gasteiger partial charge is 0.361 e. The molecule has 0 aliphatic carbocycles. The molecule has 20 heavy (non-hydrogen) atoms. The molecule has 6 heteroatoms. The van der Waals surface area contributed by atoms with Gasteiger partial charge in [-0.15, -0.1) is 0 Å². The minimum atomic E-state index is -3.71. The van der Waals surface area contributed by atoms with Gasteiger partial charge >= 0.3 is 0 Å². The van der Waals surface area contributed by atoms with Crippen molar-refractivity contribution in [2.24, 2.45) is 0 Å². The van der Waals surface area contributed by atoms with Gasteiger partial charge in [0.2, 0.25) is 10.0 Å². The van der Waals surface area contributed by atoms with Crippen LogP contribution in [0.1, 0.15) is 15.2 Å². The lowest BCUT2D eigenvalue weighted by Gasteiger charge is -2.08. The average molecular weight is 300 g/mol. The number of benzene rings is 1. The number of aromatic nitrogens is 1. The molecule has 0 spiro atoms. The molecule has 0 aliphatic rings. The summed E-state index contributed by atoms with van der Waals surface area (Å²) >= 11 is 0. The molecule has 1 aromatic heterocycles. The molecule has 2 N–H and O–H groups in total. The van der Waals surface area contributed by atoms with Crippen LogP contribution in [0.5, 0.6) is 0 Å². The zero-order valence-corrected chi connectivity index (χ0v) is 12.3. The van der Waals surface area contributed by atoms with E-state index in [0.717, 1.165) is 12.6 Å². The molecule has 0 saturated carbocycles. The van der Waals surface area contributed by atoms with E-state index < -0.39 is 17.0 Å².